The third kappa shape index (κ3) is 2.85. The van der Waals surface area contributed by atoms with Crippen LogP contribution >= 0.6 is 0 Å². The molecule has 0 spiro atoms. The van der Waals surface area contributed by atoms with E-state index < -0.39 is 0 Å². The third-order valence-electron chi connectivity index (χ3n) is 1.96. The Balaban J connectivity index is 2.83. The van der Waals surface area contributed by atoms with Crippen LogP contribution in [0.2, 0.25) is 0 Å². The SMILES string of the molecule is CCc1ccc(O)c(C=NCCO)c1. The lowest BCUT2D eigenvalue weighted by atomic mass is 10.1. The van der Waals surface area contributed by atoms with Gasteiger partial charge in [-0.2, -0.15) is 0 Å². The number of phenolic OH excluding ortho intramolecular Hbond substituents is 1. The molecule has 14 heavy (non-hydrogen) atoms. The highest BCUT2D eigenvalue weighted by atomic mass is 16.3. The molecule has 0 fully saturated rings. The largest absolute Gasteiger partial charge is 0.507 e. The van der Waals surface area contributed by atoms with Crippen molar-refractivity contribution in [2.24, 2.45) is 4.99 Å². The van der Waals surface area contributed by atoms with Gasteiger partial charge in [0.2, 0.25) is 0 Å². The number of benzene rings is 1. The predicted molar refractivity (Wildman–Crippen MR) is 57.0 cm³/mol. The molecule has 2 N–H and O–H groups in total. The first-order valence-corrected chi connectivity index (χ1v) is 4.70. The minimum absolute atomic E-state index is 0.0325. The first-order chi connectivity index (χ1) is 6.77. The monoisotopic (exact) mass is 193 g/mol. The molecule has 1 rings (SSSR count). The zero-order valence-corrected chi connectivity index (χ0v) is 8.27. The van der Waals surface area contributed by atoms with Gasteiger partial charge in [-0.3, -0.25) is 4.99 Å². The highest BCUT2D eigenvalue weighted by Gasteiger charge is 1.98. The van der Waals surface area contributed by atoms with Crippen molar-refractivity contribution in [1.29, 1.82) is 0 Å². The number of aromatic hydroxyl groups is 1. The van der Waals surface area contributed by atoms with E-state index >= 15 is 0 Å². The summed E-state index contributed by atoms with van der Waals surface area (Å²) in [4.78, 5) is 3.96. The Morgan fingerprint density at radius 3 is 2.86 bits per heavy atom. The number of hydrogen-bond donors (Lipinski definition) is 2. The summed E-state index contributed by atoms with van der Waals surface area (Å²) in [5, 5.41) is 18.0. The second-order valence-electron chi connectivity index (χ2n) is 3.01. The molecule has 0 atom stereocenters. The van der Waals surface area contributed by atoms with Crippen LogP contribution in [0.4, 0.5) is 0 Å². The maximum absolute atomic E-state index is 9.48. The Morgan fingerprint density at radius 2 is 2.21 bits per heavy atom. The molecule has 1 aromatic rings. The standard InChI is InChI=1S/C11H15NO2/c1-2-9-3-4-11(14)10(7-9)8-12-5-6-13/h3-4,7-8,13-14H,2,5-6H2,1H3. The number of nitrogens with zero attached hydrogens (tertiary/aromatic N) is 1. The number of aliphatic hydroxyl groups is 1. The Labute approximate surface area is 83.7 Å². The predicted octanol–water partition coefficient (Wildman–Crippen LogP) is 1.37. The molecule has 0 heterocycles. The molecule has 0 saturated carbocycles. The van der Waals surface area contributed by atoms with Crippen LogP contribution in [-0.4, -0.2) is 29.6 Å². The van der Waals surface area contributed by atoms with Crippen LogP contribution in [0.5, 0.6) is 5.75 Å². The van der Waals surface area contributed by atoms with Crippen molar-refractivity contribution in [2.75, 3.05) is 13.2 Å². The van der Waals surface area contributed by atoms with Crippen molar-refractivity contribution in [3.8, 4) is 5.75 Å². The normalized spacial score (nSPS) is 11.0. The lowest BCUT2D eigenvalue weighted by Crippen LogP contribution is -1.91. The number of aryl methyl sites for hydroxylation is 1. The first kappa shape index (κ1) is 10.7. The van der Waals surface area contributed by atoms with Crippen molar-refractivity contribution >= 4 is 6.21 Å². The molecule has 0 aliphatic heterocycles. The second-order valence-corrected chi connectivity index (χ2v) is 3.01. The number of aliphatic hydroxyl groups excluding tert-OH is 1. The van der Waals surface area contributed by atoms with Crippen LogP contribution in [0.3, 0.4) is 0 Å². The lowest BCUT2D eigenvalue weighted by molar-refractivity contribution is 0.307. The summed E-state index contributed by atoms with van der Waals surface area (Å²) in [7, 11) is 0. The van der Waals surface area contributed by atoms with Gasteiger partial charge in [-0.1, -0.05) is 13.0 Å². The van der Waals surface area contributed by atoms with Gasteiger partial charge in [-0.05, 0) is 24.1 Å². The van der Waals surface area contributed by atoms with E-state index in [1.165, 1.54) is 0 Å². The van der Waals surface area contributed by atoms with Crippen LogP contribution < -0.4 is 0 Å². The molecule has 0 bridgehead atoms. The summed E-state index contributed by atoms with van der Waals surface area (Å²) in [5.74, 6) is 0.226. The topological polar surface area (TPSA) is 52.8 Å². The molecule has 0 aliphatic rings. The highest BCUT2D eigenvalue weighted by Crippen LogP contribution is 2.16. The smallest absolute Gasteiger partial charge is 0.124 e. The number of hydrogen-bond acceptors (Lipinski definition) is 3. The van der Waals surface area contributed by atoms with E-state index in [2.05, 4.69) is 11.9 Å². The molecular formula is C11H15NO2. The average Bonchev–Trinajstić information content (AvgIpc) is 2.21. The van der Waals surface area contributed by atoms with Gasteiger partial charge in [-0.25, -0.2) is 0 Å². The maximum atomic E-state index is 9.48. The number of phenols is 1. The van der Waals surface area contributed by atoms with E-state index in [0.717, 1.165) is 12.0 Å². The summed E-state index contributed by atoms with van der Waals surface area (Å²) < 4.78 is 0. The van der Waals surface area contributed by atoms with Crippen molar-refractivity contribution in [2.45, 2.75) is 13.3 Å². The molecule has 0 radical (unpaired) electrons. The molecule has 1 aromatic carbocycles. The van der Waals surface area contributed by atoms with Crippen molar-refractivity contribution in [3.05, 3.63) is 29.3 Å². The van der Waals surface area contributed by atoms with E-state index in [4.69, 9.17) is 5.11 Å². The van der Waals surface area contributed by atoms with Crippen molar-refractivity contribution < 1.29 is 10.2 Å². The van der Waals surface area contributed by atoms with Crippen molar-refractivity contribution in [3.63, 3.8) is 0 Å². The van der Waals surface area contributed by atoms with Crippen LogP contribution in [0, 0.1) is 0 Å². The van der Waals surface area contributed by atoms with Gasteiger partial charge in [0.15, 0.2) is 0 Å². The molecule has 0 aromatic heterocycles. The molecule has 0 saturated heterocycles. The lowest BCUT2D eigenvalue weighted by Gasteiger charge is -2.01. The quantitative estimate of drug-likeness (QED) is 0.709. The van der Waals surface area contributed by atoms with E-state index in [-0.39, 0.29) is 12.4 Å². The molecule has 0 unspecified atom stereocenters. The number of aliphatic imine (C=N–C) groups is 1. The fraction of sp³-hybridized carbons (Fsp3) is 0.364. The average molecular weight is 193 g/mol. The third-order valence-corrected chi connectivity index (χ3v) is 1.96. The Kier molecular flexibility index (Phi) is 4.13. The second kappa shape index (κ2) is 5.40. The Morgan fingerprint density at radius 1 is 1.43 bits per heavy atom. The Hall–Kier alpha value is -1.35. The molecule has 0 aliphatic carbocycles. The maximum Gasteiger partial charge on any atom is 0.124 e. The minimum atomic E-state index is 0.0325. The van der Waals surface area contributed by atoms with Gasteiger partial charge in [0.05, 0.1) is 13.2 Å². The summed E-state index contributed by atoms with van der Waals surface area (Å²) in [5.41, 5.74) is 1.87. The Bertz CT molecular complexity index is 321. The van der Waals surface area contributed by atoms with E-state index in [9.17, 15) is 5.11 Å². The van der Waals surface area contributed by atoms with Crippen LogP contribution in [0.15, 0.2) is 23.2 Å². The summed E-state index contributed by atoms with van der Waals surface area (Å²) in [6.07, 6.45) is 2.52. The first-order valence-electron chi connectivity index (χ1n) is 4.70. The minimum Gasteiger partial charge on any atom is -0.507 e. The van der Waals surface area contributed by atoms with Crippen LogP contribution in [0.25, 0.3) is 0 Å². The van der Waals surface area contributed by atoms with E-state index in [1.54, 1.807) is 12.3 Å². The van der Waals surface area contributed by atoms with Gasteiger partial charge in [0, 0.05) is 11.8 Å². The molecule has 3 heteroatoms. The summed E-state index contributed by atoms with van der Waals surface area (Å²) >= 11 is 0. The fourth-order valence-corrected chi connectivity index (χ4v) is 1.15. The highest BCUT2D eigenvalue weighted by molar-refractivity contribution is 5.83. The van der Waals surface area contributed by atoms with Gasteiger partial charge in [0.1, 0.15) is 5.75 Å². The zero-order chi connectivity index (χ0) is 10.4. The molecule has 76 valence electrons. The zero-order valence-electron chi connectivity index (χ0n) is 8.27. The van der Waals surface area contributed by atoms with Crippen LogP contribution in [0.1, 0.15) is 18.1 Å². The van der Waals surface area contributed by atoms with E-state index in [0.29, 0.717) is 12.1 Å². The van der Waals surface area contributed by atoms with Gasteiger partial charge in [0.25, 0.3) is 0 Å². The van der Waals surface area contributed by atoms with Crippen LogP contribution in [-0.2, 0) is 6.42 Å². The van der Waals surface area contributed by atoms with Crippen molar-refractivity contribution in [1.82, 2.24) is 0 Å². The fourth-order valence-electron chi connectivity index (χ4n) is 1.15. The molecule has 3 nitrogen and oxygen atoms in total. The summed E-state index contributed by atoms with van der Waals surface area (Å²) in [6.45, 7) is 2.46. The van der Waals surface area contributed by atoms with Gasteiger partial charge < -0.3 is 10.2 Å². The van der Waals surface area contributed by atoms with Gasteiger partial charge >= 0.3 is 0 Å². The van der Waals surface area contributed by atoms with E-state index in [1.807, 2.05) is 12.1 Å². The molecular weight excluding hydrogens is 178 g/mol. The molecule has 0 amide bonds. The summed E-state index contributed by atoms with van der Waals surface area (Å²) in [6, 6.07) is 5.45. The van der Waals surface area contributed by atoms with Gasteiger partial charge in [-0.15, -0.1) is 0 Å². The number of rotatable bonds is 4.